The molecule has 0 amide bonds. The fourth-order valence-electron chi connectivity index (χ4n) is 7.92. The molecule has 3 atom stereocenters. The Morgan fingerprint density at radius 1 is 1.26 bits per heavy atom. The van der Waals surface area contributed by atoms with E-state index in [0.717, 1.165) is 24.0 Å². The molecule has 4 aromatic rings. The maximum atomic E-state index is 17.2. The van der Waals surface area contributed by atoms with Crippen molar-refractivity contribution in [2.24, 2.45) is 0 Å². The van der Waals surface area contributed by atoms with Gasteiger partial charge in [-0.2, -0.15) is 24.0 Å². The van der Waals surface area contributed by atoms with Gasteiger partial charge in [0.15, 0.2) is 11.6 Å². The van der Waals surface area contributed by atoms with Crippen molar-refractivity contribution in [1.29, 1.82) is 5.26 Å². The van der Waals surface area contributed by atoms with Gasteiger partial charge < -0.3 is 20.7 Å². The van der Waals surface area contributed by atoms with Gasteiger partial charge in [-0.3, -0.25) is 9.88 Å². The van der Waals surface area contributed by atoms with Crippen molar-refractivity contribution in [1.82, 2.24) is 25.2 Å². The number of anilines is 2. The molecule has 3 saturated heterocycles. The molecular formula is C35H35ClF4N8OS. The number of halogens is 5. The lowest BCUT2D eigenvalue weighted by Gasteiger charge is -2.39. The SMILES string of the molecule is C=C1C[C@@H]2CNC(C)CN2c2nc(OCC34CCCN3CC(=C(F)F)C4)nc3c(F)c(-c4ncc(F)c5sc(N)c(C#N)c45)c(Cl)c1c23.CC. The average molecular weight is 727 g/mol. The van der Waals surface area contributed by atoms with Gasteiger partial charge in [-0.1, -0.05) is 32.0 Å². The Bertz CT molecular complexity index is 2150. The molecule has 0 radical (unpaired) electrons. The summed E-state index contributed by atoms with van der Waals surface area (Å²) in [5.41, 5.74) is 6.22. The zero-order chi connectivity index (χ0) is 35.6. The lowest BCUT2D eigenvalue weighted by Crippen LogP contribution is -2.55. The number of nitrogens with zero attached hydrogens (tertiary/aromatic N) is 6. The van der Waals surface area contributed by atoms with Crippen LogP contribution in [0.1, 0.15) is 57.6 Å². The molecular weight excluding hydrogens is 692 g/mol. The normalized spacial score (nSPS) is 23.0. The molecule has 262 valence electrons. The predicted octanol–water partition coefficient (Wildman–Crippen LogP) is 7.67. The van der Waals surface area contributed by atoms with Gasteiger partial charge in [0, 0.05) is 48.2 Å². The Labute approximate surface area is 295 Å². The van der Waals surface area contributed by atoms with Gasteiger partial charge in [0.2, 0.25) is 0 Å². The van der Waals surface area contributed by atoms with E-state index in [0.29, 0.717) is 54.8 Å². The van der Waals surface area contributed by atoms with Crippen molar-refractivity contribution in [2.45, 2.75) is 64.1 Å². The fraction of sp³-hybridized carbons (Fsp3) is 0.429. The second-order valence-electron chi connectivity index (χ2n) is 13.0. The molecule has 1 aromatic carbocycles. The molecule has 3 aromatic heterocycles. The third-order valence-corrected chi connectivity index (χ3v) is 11.6. The third-order valence-electron chi connectivity index (χ3n) is 10.2. The van der Waals surface area contributed by atoms with Gasteiger partial charge in [0.1, 0.15) is 29.0 Å². The van der Waals surface area contributed by atoms with E-state index in [-0.39, 0.29) is 85.7 Å². The van der Waals surface area contributed by atoms with Crippen LogP contribution >= 0.6 is 22.9 Å². The Hall–Kier alpha value is -4.03. The first-order valence-corrected chi connectivity index (χ1v) is 17.8. The number of pyridine rings is 1. The molecule has 9 nitrogen and oxygen atoms in total. The van der Waals surface area contributed by atoms with E-state index in [9.17, 15) is 18.4 Å². The molecule has 8 rings (SSSR count). The first-order valence-electron chi connectivity index (χ1n) is 16.6. The zero-order valence-corrected chi connectivity index (χ0v) is 29.3. The molecule has 4 aliphatic heterocycles. The van der Waals surface area contributed by atoms with Crippen molar-refractivity contribution < 1.29 is 22.3 Å². The van der Waals surface area contributed by atoms with Crippen molar-refractivity contribution in [3.05, 3.63) is 52.2 Å². The van der Waals surface area contributed by atoms with Gasteiger partial charge >= 0.3 is 6.01 Å². The first kappa shape index (κ1) is 34.4. The quantitative estimate of drug-likeness (QED) is 0.205. The zero-order valence-electron chi connectivity index (χ0n) is 27.8. The number of nitrogens with one attached hydrogen (secondary N) is 1. The summed E-state index contributed by atoms with van der Waals surface area (Å²) in [6.45, 7) is 12.4. The number of benzene rings is 1. The van der Waals surface area contributed by atoms with Crippen LogP contribution in [0.2, 0.25) is 5.02 Å². The molecule has 0 saturated carbocycles. The number of thiophene rings is 1. The lowest BCUT2D eigenvalue weighted by atomic mass is 9.93. The minimum absolute atomic E-state index is 0.0163. The Morgan fingerprint density at radius 2 is 2.04 bits per heavy atom. The standard InChI is InChI=1S/C33H29ClF4N8OS.C2H6/c1-14-6-17-9-41-15(2)11-46(17)31-22-20(14)24(34)23(26-21-18(8-39)30(40)48-28(21)19(35)10-42-26)25(36)27(22)43-32(44-31)47-13-33-4-3-5-45(33)12-16(7-33)29(37)38;1-2/h10,15,17,41H,1,3-7,9,11-13,40H2,2H3;1-2H3/t15?,17-,33?;/m1./s1. The number of hydrogen-bond donors (Lipinski definition) is 2. The fourth-order valence-corrected chi connectivity index (χ4v) is 9.24. The van der Waals surface area contributed by atoms with Crippen LogP contribution in [-0.2, 0) is 0 Å². The number of nitrogens with two attached hydrogens (primary N) is 1. The van der Waals surface area contributed by atoms with E-state index in [1.54, 1.807) is 0 Å². The summed E-state index contributed by atoms with van der Waals surface area (Å²) in [5.74, 6) is -1.14. The van der Waals surface area contributed by atoms with Gasteiger partial charge in [-0.05, 0) is 44.7 Å². The maximum absolute atomic E-state index is 17.2. The van der Waals surface area contributed by atoms with Crippen LogP contribution in [0.15, 0.2) is 24.4 Å². The second-order valence-corrected chi connectivity index (χ2v) is 14.5. The van der Waals surface area contributed by atoms with Crippen molar-refractivity contribution in [3.63, 3.8) is 0 Å². The molecule has 50 heavy (non-hydrogen) atoms. The summed E-state index contributed by atoms with van der Waals surface area (Å²) >= 11 is 7.99. The van der Waals surface area contributed by atoms with Crippen LogP contribution in [0.25, 0.3) is 37.8 Å². The van der Waals surface area contributed by atoms with Gasteiger partial charge in [0.05, 0.1) is 43.7 Å². The number of ether oxygens (including phenoxy) is 1. The highest BCUT2D eigenvalue weighted by Gasteiger charge is 2.48. The number of fused-ring (bicyclic) bond motifs is 4. The van der Waals surface area contributed by atoms with Crippen LogP contribution in [-0.4, -0.2) is 70.3 Å². The van der Waals surface area contributed by atoms with Gasteiger partial charge in [-0.15, -0.1) is 11.3 Å². The van der Waals surface area contributed by atoms with Gasteiger partial charge in [0.25, 0.3) is 6.08 Å². The molecule has 4 aliphatic rings. The topological polar surface area (TPSA) is 116 Å². The molecule has 7 heterocycles. The van der Waals surface area contributed by atoms with Crippen LogP contribution in [0.5, 0.6) is 6.01 Å². The number of rotatable bonds is 4. The van der Waals surface area contributed by atoms with Gasteiger partial charge in [-0.25, -0.2) is 8.78 Å². The highest BCUT2D eigenvalue weighted by molar-refractivity contribution is 7.23. The third kappa shape index (κ3) is 5.28. The number of aromatic nitrogens is 3. The maximum Gasteiger partial charge on any atom is 0.319 e. The van der Waals surface area contributed by atoms with Crippen molar-refractivity contribution in [2.75, 3.05) is 43.4 Å². The second kappa shape index (κ2) is 12.9. The Kier molecular flexibility index (Phi) is 8.91. The number of hydrogen-bond acceptors (Lipinski definition) is 10. The average Bonchev–Trinajstić information content (AvgIpc) is 3.74. The molecule has 0 bridgehead atoms. The smallest absolute Gasteiger partial charge is 0.319 e. The minimum atomic E-state index is -1.67. The number of piperazine rings is 1. The monoisotopic (exact) mass is 726 g/mol. The first-order chi connectivity index (χ1) is 24.0. The summed E-state index contributed by atoms with van der Waals surface area (Å²) in [4.78, 5) is 17.8. The highest BCUT2D eigenvalue weighted by Crippen LogP contribution is 2.50. The summed E-state index contributed by atoms with van der Waals surface area (Å²) in [7, 11) is 0. The Balaban J connectivity index is 0.00000193. The number of nitriles is 1. The minimum Gasteiger partial charge on any atom is -0.461 e. The van der Waals surface area contributed by atoms with E-state index in [1.165, 1.54) is 0 Å². The van der Waals surface area contributed by atoms with E-state index in [2.05, 4.69) is 26.8 Å². The predicted molar refractivity (Wildman–Crippen MR) is 189 cm³/mol. The molecule has 3 fully saturated rings. The largest absolute Gasteiger partial charge is 0.461 e. The summed E-state index contributed by atoms with van der Waals surface area (Å²) in [6.07, 6.45) is 1.42. The Morgan fingerprint density at radius 3 is 2.78 bits per heavy atom. The summed E-state index contributed by atoms with van der Waals surface area (Å²) in [6, 6.07) is 1.87. The van der Waals surface area contributed by atoms with Crippen LogP contribution in [0.4, 0.5) is 28.4 Å². The van der Waals surface area contributed by atoms with E-state index in [4.69, 9.17) is 27.1 Å². The molecule has 0 spiro atoms. The molecule has 3 N–H and O–H groups in total. The van der Waals surface area contributed by atoms with Crippen LogP contribution in [0.3, 0.4) is 0 Å². The summed E-state index contributed by atoms with van der Waals surface area (Å²) < 4.78 is 65.8. The van der Waals surface area contributed by atoms with E-state index >= 15 is 4.39 Å². The molecule has 0 aliphatic carbocycles. The summed E-state index contributed by atoms with van der Waals surface area (Å²) in [5, 5.41) is 13.9. The number of nitrogen functional groups attached to an aromatic ring is 1. The van der Waals surface area contributed by atoms with E-state index < -0.39 is 23.3 Å². The van der Waals surface area contributed by atoms with Crippen LogP contribution < -0.4 is 20.7 Å². The lowest BCUT2D eigenvalue weighted by molar-refractivity contribution is 0.108. The molecule has 2 unspecified atom stereocenters. The van der Waals surface area contributed by atoms with Crippen LogP contribution in [0, 0.1) is 23.0 Å². The van der Waals surface area contributed by atoms with E-state index in [1.807, 2.05) is 31.7 Å². The highest BCUT2D eigenvalue weighted by atomic mass is 35.5. The van der Waals surface area contributed by atoms with Crippen molar-refractivity contribution >= 4 is 60.3 Å². The molecule has 15 heteroatoms. The van der Waals surface area contributed by atoms with Crippen molar-refractivity contribution in [3.8, 4) is 23.3 Å².